The summed E-state index contributed by atoms with van der Waals surface area (Å²) in [4.78, 5) is 47.2. The topological polar surface area (TPSA) is 253 Å². The van der Waals surface area contributed by atoms with Crippen LogP contribution in [0.25, 0.3) is 11.2 Å². The van der Waals surface area contributed by atoms with E-state index in [0.29, 0.717) is 0 Å². The van der Waals surface area contributed by atoms with E-state index in [2.05, 4.69) is 28.1 Å². The zero-order valence-corrected chi connectivity index (χ0v) is 17.5. The Morgan fingerprint density at radius 1 is 1.00 bits per heavy atom. The second-order valence-corrected chi connectivity index (χ2v) is 10.3. The van der Waals surface area contributed by atoms with Crippen molar-refractivity contribution in [1.29, 1.82) is 0 Å². The van der Waals surface area contributed by atoms with Gasteiger partial charge in [0, 0.05) is 0 Å². The first-order valence-electron chi connectivity index (χ1n) is 7.36. The Hall–Kier alpha value is -0.870. The van der Waals surface area contributed by atoms with Crippen LogP contribution in [0.2, 0.25) is 5.15 Å². The number of rotatable bonds is 7. The molecule has 6 N–H and O–H groups in total. The Morgan fingerprint density at radius 3 is 2.30 bits per heavy atom. The summed E-state index contributed by atoms with van der Waals surface area (Å²) in [7, 11) is -17.0. The number of phosphoric ester groups is 1. The van der Waals surface area contributed by atoms with E-state index < -0.39 is 48.2 Å². The number of hydrogen-bond acceptors (Lipinski definition) is 12. The average molecular weight is 513 g/mol. The van der Waals surface area contributed by atoms with Gasteiger partial charge in [0.25, 0.3) is 0 Å². The van der Waals surface area contributed by atoms with Crippen molar-refractivity contribution in [3.63, 3.8) is 0 Å². The van der Waals surface area contributed by atoms with E-state index in [1.807, 2.05) is 0 Å². The maximum atomic E-state index is 11.9. The molecule has 1 saturated heterocycles. The van der Waals surface area contributed by atoms with Crippen molar-refractivity contribution in [2.75, 3.05) is 0 Å². The van der Waals surface area contributed by atoms with Gasteiger partial charge >= 0.3 is 23.5 Å². The van der Waals surface area contributed by atoms with Crippen LogP contribution in [0.1, 0.15) is 6.23 Å². The van der Waals surface area contributed by atoms with Crippen molar-refractivity contribution >= 4 is 46.2 Å². The van der Waals surface area contributed by atoms with Crippen LogP contribution in [0.5, 0.6) is 0 Å². The van der Waals surface area contributed by atoms with Crippen LogP contribution in [-0.2, 0) is 31.6 Å². The lowest BCUT2D eigenvalue weighted by Gasteiger charge is -2.20. The highest BCUT2D eigenvalue weighted by Crippen LogP contribution is 2.66. The maximum absolute atomic E-state index is 11.9. The van der Waals surface area contributed by atoms with Crippen molar-refractivity contribution in [3.8, 4) is 0 Å². The van der Waals surface area contributed by atoms with Gasteiger partial charge in [-0.3, -0.25) is 9.09 Å². The SMILES string of the molecule is O=P(O)(O)OP(=O)(O)OP(=O)(O)OC1OC(n2cnc3c(Cl)ncnc32)C(O)C1O. The smallest absolute Gasteiger partial charge is 0.385 e. The quantitative estimate of drug-likeness (QED) is 0.200. The van der Waals surface area contributed by atoms with Crippen molar-refractivity contribution in [2.24, 2.45) is 0 Å². The zero-order valence-electron chi connectivity index (χ0n) is 14.0. The number of hydrogen-bond donors (Lipinski definition) is 6. The molecule has 3 heterocycles. The van der Waals surface area contributed by atoms with Crippen LogP contribution in [0.15, 0.2) is 12.7 Å². The summed E-state index contributed by atoms with van der Waals surface area (Å²) >= 11 is 5.86. The molecule has 168 valence electrons. The molecule has 3 rings (SSSR count). The minimum absolute atomic E-state index is 0.0309. The Labute approximate surface area is 170 Å². The van der Waals surface area contributed by atoms with Gasteiger partial charge in [0.15, 0.2) is 23.3 Å². The van der Waals surface area contributed by atoms with E-state index in [4.69, 9.17) is 31.0 Å². The highest BCUT2D eigenvalue weighted by molar-refractivity contribution is 7.66. The molecule has 0 bridgehead atoms. The molecule has 21 heteroatoms. The molecule has 17 nitrogen and oxygen atoms in total. The highest BCUT2D eigenvalue weighted by atomic mass is 35.5. The first-order valence-corrected chi connectivity index (χ1v) is 12.3. The molecule has 0 amide bonds. The molecular weight excluding hydrogens is 500 g/mol. The number of ether oxygens (including phenoxy) is 1. The molecule has 1 fully saturated rings. The number of phosphoric acid groups is 3. The number of nitrogens with zero attached hydrogens (tertiary/aromatic N) is 4. The minimum atomic E-state index is -5.78. The molecule has 2 aromatic heterocycles. The molecular formula is C9H12ClN4O13P3. The van der Waals surface area contributed by atoms with Gasteiger partial charge in [-0.05, 0) is 0 Å². The highest BCUT2D eigenvalue weighted by Gasteiger charge is 2.50. The number of halogens is 1. The fourth-order valence-corrected chi connectivity index (χ4v) is 5.66. The largest absolute Gasteiger partial charge is 0.490 e. The third-order valence-corrected chi connectivity index (χ3v) is 7.51. The normalized spacial score (nSPS) is 29.0. The number of fused-ring (bicyclic) bond motifs is 1. The second kappa shape index (κ2) is 8.24. The third-order valence-electron chi connectivity index (χ3n) is 3.44. The van der Waals surface area contributed by atoms with Gasteiger partial charge in [0.1, 0.15) is 24.1 Å². The summed E-state index contributed by atoms with van der Waals surface area (Å²) in [6.07, 6.45) is -5.18. The van der Waals surface area contributed by atoms with Crippen molar-refractivity contribution in [2.45, 2.75) is 24.7 Å². The summed E-state index contributed by atoms with van der Waals surface area (Å²) in [5.74, 6) is 0. The van der Waals surface area contributed by atoms with Gasteiger partial charge in [0.05, 0.1) is 6.33 Å². The van der Waals surface area contributed by atoms with Gasteiger partial charge in [0.2, 0.25) is 0 Å². The molecule has 1 aliphatic heterocycles. The number of imidazole rings is 1. The van der Waals surface area contributed by atoms with Gasteiger partial charge in [-0.2, -0.15) is 8.62 Å². The molecule has 6 atom stereocenters. The van der Waals surface area contributed by atoms with Crippen LogP contribution in [-0.4, -0.2) is 67.8 Å². The predicted molar refractivity (Wildman–Crippen MR) is 91.2 cm³/mol. The van der Waals surface area contributed by atoms with Crippen molar-refractivity contribution in [3.05, 3.63) is 17.8 Å². The maximum Gasteiger partial charge on any atom is 0.490 e. The van der Waals surface area contributed by atoms with Crippen LogP contribution < -0.4 is 0 Å². The molecule has 30 heavy (non-hydrogen) atoms. The van der Waals surface area contributed by atoms with E-state index in [0.717, 1.165) is 17.2 Å². The van der Waals surface area contributed by atoms with E-state index in [1.165, 1.54) is 0 Å². The summed E-state index contributed by atoms with van der Waals surface area (Å²) in [5, 5.41) is 20.2. The monoisotopic (exact) mass is 512 g/mol. The lowest BCUT2D eigenvalue weighted by Crippen LogP contribution is -2.32. The first kappa shape index (κ1) is 23.8. The fraction of sp³-hybridized carbons (Fsp3) is 0.444. The summed E-state index contributed by atoms with van der Waals surface area (Å²) < 4.78 is 51.6. The van der Waals surface area contributed by atoms with Crippen LogP contribution in [0.3, 0.4) is 0 Å². The predicted octanol–water partition coefficient (Wildman–Crippen LogP) is -0.600. The fourth-order valence-electron chi connectivity index (χ4n) is 2.39. The Bertz CT molecular complexity index is 1090. The van der Waals surface area contributed by atoms with Gasteiger partial charge in [-0.25, -0.2) is 28.6 Å². The molecule has 1 aliphatic rings. The van der Waals surface area contributed by atoms with Gasteiger partial charge in [-0.15, -0.1) is 0 Å². The molecule has 0 aromatic carbocycles. The van der Waals surface area contributed by atoms with Crippen LogP contribution in [0.4, 0.5) is 0 Å². The second-order valence-electron chi connectivity index (χ2n) is 5.56. The van der Waals surface area contributed by atoms with E-state index in [9.17, 15) is 28.8 Å². The summed E-state index contributed by atoms with van der Waals surface area (Å²) in [6.45, 7) is 0. The molecule has 0 saturated carbocycles. The standard InChI is InChI=1S/C9H12ClN4O13P3/c10-6-3-7(12-1-11-6)14(2-13-3)8-4(15)5(16)9(24-8)25-29(20,21)27-30(22,23)26-28(17,18)19/h1-2,4-5,8-9,15-16H,(H,20,21)(H,22,23)(H2,17,18,19). The summed E-state index contributed by atoms with van der Waals surface area (Å²) in [5.41, 5.74) is 0.172. The van der Waals surface area contributed by atoms with Crippen LogP contribution >= 0.6 is 35.1 Å². The third kappa shape index (κ3) is 5.30. The number of aromatic nitrogens is 4. The molecule has 6 unspecified atom stereocenters. The van der Waals surface area contributed by atoms with E-state index >= 15 is 0 Å². The van der Waals surface area contributed by atoms with E-state index in [-0.39, 0.29) is 16.3 Å². The number of aliphatic hydroxyl groups excluding tert-OH is 2. The lowest BCUT2D eigenvalue weighted by atomic mass is 10.2. The summed E-state index contributed by atoms with van der Waals surface area (Å²) in [6, 6.07) is 0. The van der Waals surface area contributed by atoms with Gasteiger partial charge in [-0.1, -0.05) is 11.6 Å². The molecule has 2 aromatic rings. The molecule has 0 spiro atoms. The zero-order chi connectivity index (χ0) is 22.5. The Balaban J connectivity index is 1.78. The first-order chi connectivity index (χ1) is 13.7. The molecule has 0 radical (unpaired) electrons. The van der Waals surface area contributed by atoms with E-state index in [1.54, 1.807) is 0 Å². The lowest BCUT2D eigenvalue weighted by molar-refractivity contribution is -0.133. The minimum Gasteiger partial charge on any atom is -0.385 e. The molecule has 0 aliphatic carbocycles. The van der Waals surface area contributed by atoms with Crippen molar-refractivity contribution in [1.82, 2.24) is 19.5 Å². The van der Waals surface area contributed by atoms with Gasteiger partial charge < -0.3 is 34.5 Å². The van der Waals surface area contributed by atoms with Crippen LogP contribution in [0, 0.1) is 0 Å². The van der Waals surface area contributed by atoms with Crippen molar-refractivity contribution < 1.29 is 61.4 Å². The Kier molecular flexibility index (Phi) is 6.53. The average Bonchev–Trinajstić information content (AvgIpc) is 3.09. The Morgan fingerprint density at radius 2 is 1.67 bits per heavy atom. The number of aliphatic hydroxyl groups is 2.